The quantitative estimate of drug-likeness (QED) is 0.201. The van der Waals surface area contributed by atoms with E-state index < -0.39 is 0 Å². The predicted molar refractivity (Wildman–Crippen MR) is 180 cm³/mol. The molecule has 2 aromatic heterocycles. The summed E-state index contributed by atoms with van der Waals surface area (Å²) in [6.07, 6.45) is 1.85. The second-order valence-electron chi connectivity index (χ2n) is 12.2. The summed E-state index contributed by atoms with van der Waals surface area (Å²) >= 11 is 0. The molecule has 0 unspecified atom stereocenters. The summed E-state index contributed by atoms with van der Waals surface area (Å²) < 4.78 is 0. The van der Waals surface area contributed by atoms with Gasteiger partial charge in [0.15, 0.2) is 0 Å². The van der Waals surface area contributed by atoms with E-state index in [1.165, 1.54) is 54.9 Å². The van der Waals surface area contributed by atoms with E-state index in [2.05, 4.69) is 140 Å². The minimum Gasteiger partial charge on any atom is -0.254 e. The molecule has 0 saturated carbocycles. The molecule has 0 amide bonds. The van der Waals surface area contributed by atoms with E-state index in [4.69, 9.17) is 4.98 Å². The van der Waals surface area contributed by atoms with Crippen LogP contribution in [0.25, 0.3) is 76.9 Å². The number of nitrogens with zero attached hydrogens (tertiary/aromatic N) is 2. The molecule has 6 aromatic carbocycles. The van der Waals surface area contributed by atoms with E-state index in [1.807, 2.05) is 12.3 Å². The van der Waals surface area contributed by atoms with Crippen LogP contribution in [-0.4, -0.2) is 9.97 Å². The summed E-state index contributed by atoms with van der Waals surface area (Å²) in [5.74, 6) is 0. The third-order valence-corrected chi connectivity index (χ3v) is 9.47. The van der Waals surface area contributed by atoms with Crippen LogP contribution in [0.3, 0.4) is 0 Å². The van der Waals surface area contributed by atoms with Gasteiger partial charge in [0.25, 0.3) is 0 Å². The largest absolute Gasteiger partial charge is 0.254 e. The summed E-state index contributed by atoms with van der Waals surface area (Å²) in [4.78, 5) is 9.90. The van der Waals surface area contributed by atoms with Gasteiger partial charge in [0.2, 0.25) is 0 Å². The van der Waals surface area contributed by atoms with Crippen LogP contribution < -0.4 is 0 Å². The molecule has 202 valence electrons. The van der Waals surface area contributed by atoms with E-state index in [1.54, 1.807) is 0 Å². The predicted octanol–water partition coefficient (Wildman–Crippen LogP) is 10.7. The third kappa shape index (κ3) is 3.41. The average Bonchev–Trinajstić information content (AvgIpc) is 3.31. The lowest BCUT2D eigenvalue weighted by Crippen LogP contribution is -2.15. The van der Waals surface area contributed by atoms with Crippen LogP contribution in [0.1, 0.15) is 25.0 Å². The Labute approximate surface area is 250 Å². The van der Waals surface area contributed by atoms with Crippen molar-refractivity contribution in [2.75, 3.05) is 0 Å². The van der Waals surface area contributed by atoms with Gasteiger partial charge in [-0.25, -0.2) is 4.98 Å². The van der Waals surface area contributed by atoms with Crippen molar-refractivity contribution in [3.05, 3.63) is 145 Å². The van der Waals surface area contributed by atoms with Crippen LogP contribution in [0.2, 0.25) is 0 Å². The molecule has 9 rings (SSSR count). The molecule has 8 aromatic rings. The molecule has 2 heteroatoms. The Kier molecular flexibility index (Phi) is 4.99. The van der Waals surface area contributed by atoms with E-state index in [0.717, 1.165) is 33.1 Å². The summed E-state index contributed by atoms with van der Waals surface area (Å²) in [6, 6.07) is 46.2. The molecule has 2 heterocycles. The molecule has 0 bridgehead atoms. The highest BCUT2D eigenvalue weighted by Gasteiger charge is 2.38. The average molecular weight is 549 g/mol. The molecule has 1 aliphatic carbocycles. The van der Waals surface area contributed by atoms with Crippen molar-refractivity contribution in [3.63, 3.8) is 0 Å². The van der Waals surface area contributed by atoms with Gasteiger partial charge in [0.1, 0.15) is 0 Å². The minimum atomic E-state index is -0.0941. The lowest BCUT2D eigenvalue weighted by atomic mass is 9.79. The van der Waals surface area contributed by atoms with Gasteiger partial charge >= 0.3 is 0 Å². The number of hydrogen-bond acceptors (Lipinski definition) is 2. The molecule has 0 N–H and O–H groups in total. The van der Waals surface area contributed by atoms with Crippen molar-refractivity contribution in [1.82, 2.24) is 9.97 Å². The van der Waals surface area contributed by atoms with Crippen molar-refractivity contribution in [1.29, 1.82) is 0 Å². The lowest BCUT2D eigenvalue weighted by Gasteiger charge is -2.24. The molecular formula is C41H28N2. The maximum Gasteiger partial charge on any atom is 0.0972 e. The lowest BCUT2D eigenvalue weighted by molar-refractivity contribution is 0.666. The maximum atomic E-state index is 5.21. The van der Waals surface area contributed by atoms with Crippen LogP contribution in [0.4, 0.5) is 0 Å². The zero-order valence-electron chi connectivity index (χ0n) is 24.1. The Hall–Kier alpha value is -5.34. The Bertz CT molecular complexity index is 2430. The van der Waals surface area contributed by atoms with Crippen LogP contribution in [-0.2, 0) is 5.41 Å². The standard InChI is InChI=1S/C41H28N2/c1-41(2)35-16-8-7-15-33(35)37-34(24-27-10-3-4-12-28(27)38(37)41)31-20-21-32(30-14-6-5-13-29(30)31)36-22-19-26-18-17-25-11-9-23-42-39(25)40(26)43-36/h3-24H,1-2H3. The van der Waals surface area contributed by atoms with Crippen LogP contribution in [0, 0.1) is 0 Å². The third-order valence-electron chi connectivity index (χ3n) is 9.47. The highest BCUT2D eigenvalue weighted by molar-refractivity contribution is 6.12. The Morgan fingerprint density at radius 3 is 2.00 bits per heavy atom. The zero-order chi connectivity index (χ0) is 28.7. The van der Waals surface area contributed by atoms with Gasteiger partial charge in [0.05, 0.1) is 16.7 Å². The molecule has 0 radical (unpaired) electrons. The molecule has 0 aliphatic heterocycles. The van der Waals surface area contributed by atoms with E-state index in [0.29, 0.717) is 0 Å². The highest BCUT2D eigenvalue weighted by Crippen LogP contribution is 2.55. The molecular weight excluding hydrogens is 520 g/mol. The molecule has 2 nitrogen and oxygen atoms in total. The number of aromatic nitrogens is 2. The molecule has 0 atom stereocenters. The number of hydrogen-bond donors (Lipinski definition) is 0. The van der Waals surface area contributed by atoms with E-state index in [-0.39, 0.29) is 5.41 Å². The second-order valence-corrected chi connectivity index (χ2v) is 12.2. The van der Waals surface area contributed by atoms with Gasteiger partial charge in [-0.2, -0.15) is 0 Å². The van der Waals surface area contributed by atoms with Gasteiger partial charge < -0.3 is 0 Å². The van der Waals surface area contributed by atoms with Crippen LogP contribution in [0.15, 0.2) is 134 Å². The van der Waals surface area contributed by atoms with Gasteiger partial charge in [-0.15, -0.1) is 0 Å². The topological polar surface area (TPSA) is 25.8 Å². The number of benzene rings is 6. The van der Waals surface area contributed by atoms with Crippen molar-refractivity contribution in [2.24, 2.45) is 0 Å². The van der Waals surface area contributed by atoms with Crippen molar-refractivity contribution < 1.29 is 0 Å². The SMILES string of the molecule is CC1(C)c2ccccc2-c2c(-c3ccc(-c4ccc5ccc6cccnc6c5n4)c4ccccc34)cc3ccccc3c21. The summed E-state index contributed by atoms with van der Waals surface area (Å²) in [6.45, 7) is 4.75. The first-order chi connectivity index (χ1) is 21.1. The van der Waals surface area contributed by atoms with Gasteiger partial charge in [-0.3, -0.25) is 4.98 Å². The van der Waals surface area contributed by atoms with Crippen molar-refractivity contribution >= 4 is 43.4 Å². The maximum absolute atomic E-state index is 5.21. The van der Waals surface area contributed by atoms with Crippen molar-refractivity contribution in [3.8, 4) is 33.5 Å². The monoisotopic (exact) mass is 548 g/mol. The first kappa shape index (κ1) is 24.3. The fraction of sp³-hybridized carbons (Fsp3) is 0.0732. The molecule has 0 fully saturated rings. The molecule has 0 spiro atoms. The zero-order valence-corrected chi connectivity index (χ0v) is 24.1. The van der Waals surface area contributed by atoms with Gasteiger partial charge in [-0.05, 0) is 73.1 Å². The molecule has 1 aliphatic rings. The normalized spacial score (nSPS) is 13.5. The van der Waals surface area contributed by atoms with Crippen LogP contribution in [0.5, 0.6) is 0 Å². The van der Waals surface area contributed by atoms with Crippen LogP contribution >= 0.6 is 0 Å². The first-order valence-electron chi connectivity index (χ1n) is 14.9. The fourth-order valence-electron chi connectivity index (χ4n) is 7.50. The van der Waals surface area contributed by atoms with Gasteiger partial charge in [0, 0.05) is 27.9 Å². The van der Waals surface area contributed by atoms with E-state index >= 15 is 0 Å². The number of pyridine rings is 2. The van der Waals surface area contributed by atoms with Gasteiger partial charge in [-0.1, -0.05) is 123 Å². The molecule has 43 heavy (non-hydrogen) atoms. The minimum absolute atomic E-state index is 0.0941. The molecule has 0 saturated heterocycles. The fourth-order valence-corrected chi connectivity index (χ4v) is 7.50. The Morgan fingerprint density at radius 1 is 0.488 bits per heavy atom. The Morgan fingerprint density at radius 2 is 1.14 bits per heavy atom. The summed E-state index contributed by atoms with van der Waals surface area (Å²) in [5.41, 5.74) is 11.9. The Balaban J connectivity index is 1.33. The summed E-state index contributed by atoms with van der Waals surface area (Å²) in [5, 5.41) is 7.26. The highest BCUT2D eigenvalue weighted by atomic mass is 14.8. The smallest absolute Gasteiger partial charge is 0.0972 e. The number of fused-ring (bicyclic) bond motifs is 9. The summed E-state index contributed by atoms with van der Waals surface area (Å²) in [7, 11) is 0. The second kappa shape index (κ2) is 8.83. The van der Waals surface area contributed by atoms with Crippen molar-refractivity contribution in [2.45, 2.75) is 19.3 Å². The first-order valence-corrected chi connectivity index (χ1v) is 14.9. The number of rotatable bonds is 2. The van der Waals surface area contributed by atoms with E-state index in [9.17, 15) is 0 Å².